The van der Waals surface area contributed by atoms with Crippen molar-refractivity contribution >= 4 is 11.9 Å². The molecule has 0 bridgehead atoms. The lowest BCUT2D eigenvalue weighted by Crippen LogP contribution is -2.41. The predicted octanol–water partition coefficient (Wildman–Crippen LogP) is 5.91. The Morgan fingerprint density at radius 1 is 0.951 bits per heavy atom. The van der Waals surface area contributed by atoms with Gasteiger partial charge in [0.1, 0.15) is 18.5 Å². The van der Waals surface area contributed by atoms with Crippen LogP contribution in [0.5, 0.6) is 5.75 Å². The summed E-state index contributed by atoms with van der Waals surface area (Å²) in [6.45, 7) is 10.2. The van der Waals surface area contributed by atoms with Crippen molar-refractivity contribution < 1.29 is 19.4 Å². The first-order valence-electron chi connectivity index (χ1n) is 13.7. The highest BCUT2D eigenvalue weighted by molar-refractivity contribution is 5.97. The molecule has 8 heteroatoms. The second-order valence-electron chi connectivity index (χ2n) is 11.0. The molecule has 0 aliphatic carbocycles. The molecule has 2 aromatic heterocycles. The standard InChI is InChI=1S/C33H36N4O4/c1-6-26(32(39)40)36-31(38)29-30(41-20-22-10-8-7-9-11-22)21(2)35-28(37-29)18-23-12-17-27(34-19-23)24-13-15-25(16-14-24)33(3,4)5/h7-17,19,26H,6,18,20H2,1-5H3,(H,36,38)(H,39,40). The van der Waals surface area contributed by atoms with Crippen LogP contribution in [0.3, 0.4) is 0 Å². The quantitative estimate of drug-likeness (QED) is 0.251. The normalized spacial score (nSPS) is 12.0. The zero-order chi connectivity index (χ0) is 29.6. The van der Waals surface area contributed by atoms with E-state index in [1.807, 2.05) is 42.5 Å². The van der Waals surface area contributed by atoms with Gasteiger partial charge in [0.15, 0.2) is 11.4 Å². The molecular formula is C33H36N4O4. The van der Waals surface area contributed by atoms with Gasteiger partial charge in [0.2, 0.25) is 0 Å². The molecule has 4 rings (SSSR count). The molecule has 0 aliphatic rings. The van der Waals surface area contributed by atoms with Gasteiger partial charge in [-0.15, -0.1) is 0 Å². The number of carboxylic acids is 1. The second kappa shape index (κ2) is 12.7. The number of aryl methyl sites for hydroxylation is 1. The van der Waals surface area contributed by atoms with E-state index in [1.165, 1.54) is 5.56 Å². The van der Waals surface area contributed by atoms with Crippen LogP contribution in [0.2, 0.25) is 0 Å². The van der Waals surface area contributed by atoms with Gasteiger partial charge in [0, 0.05) is 18.2 Å². The van der Waals surface area contributed by atoms with E-state index < -0.39 is 17.9 Å². The van der Waals surface area contributed by atoms with Crippen LogP contribution in [-0.4, -0.2) is 38.0 Å². The molecule has 0 saturated carbocycles. The molecule has 0 radical (unpaired) electrons. The number of nitrogens with one attached hydrogen (secondary N) is 1. The summed E-state index contributed by atoms with van der Waals surface area (Å²) in [5.41, 5.74) is 5.51. The first kappa shape index (κ1) is 29.4. The summed E-state index contributed by atoms with van der Waals surface area (Å²) >= 11 is 0. The lowest BCUT2D eigenvalue weighted by molar-refractivity contribution is -0.139. The van der Waals surface area contributed by atoms with Crippen LogP contribution < -0.4 is 10.1 Å². The van der Waals surface area contributed by atoms with Crippen LogP contribution in [-0.2, 0) is 23.2 Å². The minimum Gasteiger partial charge on any atom is -0.485 e. The van der Waals surface area contributed by atoms with Crippen LogP contribution in [0.1, 0.15) is 72.8 Å². The zero-order valence-corrected chi connectivity index (χ0v) is 24.1. The van der Waals surface area contributed by atoms with Gasteiger partial charge in [-0.2, -0.15) is 0 Å². The first-order chi connectivity index (χ1) is 19.5. The average Bonchev–Trinajstić information content (AvgIpc) is 2.95. The average molecular weight is 553 g/mol. The number of hydrogen-bond acceptors (Lipinski definition) is 6. The fourth-order valence-corrected chi connectivity index (χ4v) is 4.34. The number of pyridine rings is 1. The van der Waals surface area contributed by atoms with Crippen LogP contribution in [0, 0.1) is 6.92 Å². The Kier molecular flexibility index (Phi) is 9.12. The van der Waals surface area contributed by atoms with Crippen molar-refractivity contribution in [3.63, 3.8) is 0 Å². The molecule has 1 atom stereocenters. The number of ether oxygens (including phenoxy) is 1. The summed E-state index contributed by atoms with van der Waals surface area (Å²) in [4.78, 5) is 38.6. The number of aromatic nitrogens is 3. The number of carbonyl (C=O) groups is 2. The minimum absolute atomic E-state index is 0.00616. The Morgan fingerprint density at radius 2 is 1.66 bits per heavy atom. The number of amides is 1. The highest BCUT2D eigenvalue weighted by Gasteiger charge is 2.25. The molecule has 4 aromatic rings. The molecule has 41 heavy (non-hydrogen) atoms. The van der Waals surface area contributed by atoms with Gasteiger partial charge in [-0.25, -0.2) is 14.8 Å². The molecule has 0 saturated heterocycles. The smallest absolute Gasteiger partial charge is 0.326 e. The summed E-state index contributed by atoms with van der Waals surface area (Å²) in [5.74, 6) is -1.10. The van der Waals surface area contributed by atoms with Gasteiger partial charge in [-0.3, -0.25) is 9.78 Å². The summed E-state index contributed by atoms with van der Waals surface area (Å²) in [6.07, 6.45) is 2.35. The van der Waals surface area contributed by atoms with E-state index in [-0.39, 0.29) is 29.9 Å². The van der Waals surface area contributed by atoms with Gasteiger partial charge in [0.05, 0.1) is 11.4 Å². The third-order valence-corrected chi connectivity index (χ3v) is 6.77. The largest absolute Gasteiger partial charge is 0.485 e. The number of nitrogens with zero attached hydrogens (tertiary/aromatic N) is 3. The maximum absolute atomic E-state index is 13.2. The minimum atomic E-state index is -1.11. The molecule has 0 fully saturated rings. The zero-order valence-electron chi connectivity index (χ0n) is 24.1. The molecule has 1 unspecified atom stereocenters. The summed E-state index contributed by atoms with van der Waals surface area (Å²) in [6, 6.07) is 20.8. The van der Waals surface area contributed by atoms with Gasteiger partial charge in [-0.1, -0.05) is 88.4 Å². The molecule has 2 aromatic carbocycles. The number of carbonyl (C=O) groups excluding carboxylic acids is 1. The highest BCUT2D eigenvalue weighted by atomic mass is 16.5. The maximum atomic E-state index is 13.2. The number of rotatable bonds is 10. The third-order valence-electron chi connectivity index (χ3n) is 6.77. The van der Waals surface area contributed by atoms with Crippen molar-refractivity contribution in [3.05, 3.63) is 107 Å². The Labute approximate surface area is 240 Å². The number of benzene rings is 2. The summed E-state index contributed by atoms with van der Waals surface area (Å²) in [5, 5.41) is 12.0. The van der Waals surface area contributed by atoms with Crippen molar-refractivity contribution in [2.75, 3.05) is 0 Å². The van der Waals surface area contributed by atoms with E-state index in [2.05, 4.69) is 65.3 Å². The van der Waals surface area contributed by atoms with Crippen molar-refractivity contribution in [2.24, 2.45) is 0 Å². The molecule has 2 N–H and O–H groups in total. The second-order valence-corrected chi connectivity index (χ2v) is 11.0. The van der Waals surface area contributed by atoms with Crippen LogP contribution in [0.4, 0.5) is 0 Å². The molecule has 212 valence electrons. The van der Waals surface area contributed by atoms with Crippen molar-refractivity contribution in [1.82, 2.24) is 20.3 Å². The van der Waals surface area contributed by atoms with Crippen LogP contribution >= 0.6 is 0 Å². The first-order valence-corrected chi connectivity index (χ1v) is 13.7. The Balaban J connectivity index is 1.58. The lowest BCUT2D eigenvalue weighted by Gasteiger charge is -2.19. The van der Waals surface area contributed by atoms with Crippen molar-refractivity contribution in [2.45, 2.75) is 65.5 Å². The highest BCUT2D eigenvalue weighted by Crippen LogP contribution is 2.26. The number of hydrogen-bond donors (Lipinski definition) is 2. The Morgan fingerprint density at radius 3 is 2.24 bits per heavy atom. The molecule has 1 amide bonds. The molecule has 8 nitrogen and oxygen atoms in total. The van der Waals surface area contributed by atoms with E-state index in [0.717, 1.165) is 22.4 Å². The SMILES string of the molecule is CCC(NC(=O)c1nc(Cc2ccc(-c3ccc(C(C)(C)C)cc3)nc2)nc(C)c1OCc1ccccc1)C(=O)O. The van der Waals surface area contributed by atoms with Gasteiger partial charge in [0.25, 0.3) is 5.91 Å². The third kappa shape index (κ3) is 7.54. The molecule has 0 spiro atoms. The number of carboxylic acid groups (broad SMARTS) is 1. The van der Waals surface area contributed by atoms with E-state index in [9.17, 15) is 14.7 Å². The topological polar surface area (TPSA) is 114 Å². The van der Waals surface area contributed by atoms with E-state index in [0.29, 0.717) is 17.9 Å². The van der Waals surface area contributed by atoms with Crippen LogP contribution in [0.25, 0.3) is 11.3 Å². The fraction of sp³-hybridized carbons (Fsp3) is 0.303. The molecular weight excluding hydrogens is 516 g/mol. The van der Waals surface area contributed by atoms with Gasteiger partial charge in [-0.05, 0) is 41.5 Å². The Hall–Kier alpha value is -4.59. The van der Waals surface area contributed by atoms with Crippen molar-refractivity contribution in [1.29, 1.82) is 0 Å². The summed E-state index contributed by atoms with van der Waals surface area (Å²) in [7, 11) is 0. The van der Waals surface area contributed by atoms with Gasteiger partial charge < -0.3 is 15.2 Å². The van der Waals surface area contributed by atoms with Gasteiger partial charge >= 0.3 is 5.97 Å². The van der Waals surface area contributed by atoms with Crippen molar-refractivity contribution in [3.8, 4) is 17.0 Å². The summed E-state index contributed by atoms with van der Waals surface area (Å²) < 4.78 is 6.00. The fourth-order valence-electron chi connectivity index (χ4n) is 4.34. The van der Waals surface area contributed by atoms with Crippen LogP contribution in [0.15, 0.2) is 72.9 Å². The lowest BCUT2D eigenvalue weighted by atomic mass is 9.86. The number of aliphatic carboxylic acids is 1. The van der Waals surface area contributed by atoms with E-state index >= 15 is 0 Å². The molecule has 2 heterocycles. The molecule has 0 aliphatic heterocycles. The van der Waals surface area contributed by atoms with E-state index in [4.69, 9.17) is 4.74 Å². The monoisotopic (exact) mass is 552 g/mol. The Bertz CT molecular complexity index is 1500. The maximum Gasteiger partial charge on any atom is 0.326 e. The predicted molar refractivity (Wildman–Crippen MR) is 158 cm³/mol. The van der Waals surface area contributed by atoms with E-state index in [1.54, 1.807) is 20.0 Å².